The Kier molecular flexibility index (Phi) is 15.4. The van der Waals surface area contributed by atoms with Gasteiger partial charge in [-0.3, -0.25) is 4.79 Å². The quantitative estimate of drug-likeness (QED) is 0.0713. The van der Waals surface area contributed by atoms with E-state index in [2.05, 4.69) is 35.2 Å². The number of unbranched alkanes of at least 4 members (excludes halogenated alkanes) is 9. The van der Waals surface area contributed by atoms with Crippen molar-refractivity contribution in [1.82, 2.24) is 10.3 Å². The summed E-state index contributed by atoms with van der Waals surface area (Å²) < 4.78 is 0. The van der Waals surface area contributed by atoms with Crippen molar-refractivity contribution < 1.29 is 9.90 Å². The first-order chi connectivity index (χ1) is 22.7. The van der Waals surface area contributed by atoms with Crippen molar-refractivity contribution in [2.45, 2.75) is 123 Å². The van der Waals surface area contributed by atoms with Gasteiger partial charge >= 0.3 is 0 Å². The predicted octanol–water partition coefficient (Wildman–Crippen LogP) is 9.25. The Morgan fingerprint density at radius 1 is 1.04 bits per heavy atom. The second-order valence-electron chi connectivity index (χ2n) is 13.4. The van der Waals surface area contributed by atoms with Gasteiger partial charge in [0.05, 0.1) is 17.9 Å². The molecule has 7 nitrogen and oxygen atoms in total. The summed E-state index contributed by atoms with van der Waals surface area (Å²) in [6.45, 7) is 11.1. The molecule has 2 atom stereocenters. The molecule has 1 aromatic heterocycles. The van der Waals surface area contributed by atoms with Crippen LogP contribution in [0.15, 0.2) is 55.4 Å². The number of nitrogens with zero attached hydrogens (tertiary/aromatic N) is 2. The van der Waals surface area contributed by atoms with E-state index in [4.69, 9.17) is 5.41 Å². The number of aromatic nitrogens is 1. The Bertz CT molecular complexity index is 1390. The van der Waals surface area contributed by atoms with Gasteiger partial charge in [0, 0.05) is 30.7 Å². The van der Waals surface area contributed by atoms with Gasteiger partial charge in [0.25, 0.3) is 0 Å². The largest absolute Gasteiger partial charge is 0.390 e. The number of aliphatic hydroxyl groups is 1. The SMILES string of the molecule is C=C(c1ccnc(NC(=O)Cc2cccc(/C(C=N)=C/NCCCCCCCCCCCC)c2)c1)C(C)(O)[C@@](C#N)(CCC)C1CC1. The molecule has 1 aromatic carbocycles. The number of benzene rings is 1. The van der Waals surface area contributed by atoms with Crippen LogP contribution in [0.1, 0.15) is 127 Å². The lowest BCUT2D eigenvalue weighted by Gasteiger charge is -2.42. The van der Waals surface area contributed by atoms with E-state index in [1.54, 1.807) is 25.3 Å². The highest BCUT2D eigenvalue weighted by molar-refractivity contribution is 6.08. The summed E-state index contributed by atoms with van der Waals surface area (Å²) in [5.74, 6) is 0.291. The standard InChI is InChI=1S/C40H57N5O2/c1-5-7-8-9-10-11-12-13-14-15-23-43-29-35(28-41)34-18-16-17-32(25-34)26-38(46)45-37-27-33(21-24-44-37)31(3)39(4,47)40(30-42,22-6-2)36-19-20-36/h16-18,21,24-25,27-29,36,41,43,47H,3,5-15,19-20,22-23,26H2,1-2,4H3,(H,44,45,46)/b35-29+,41-28?/t39?,40-/m1/s1. The van der Waals surface area contributed by atoms with Gasteiger partial charge < -0.3 is 21.1 Å². The third kappa shape index (κ3) is 10.9. The third-order valence-corrected chi connectivity index (χ3v) is 9.66. The van der Waals surface area contributed by atoms with Crippen LogP contribution in [-0.2, 0) is 11.2 Å². The Hall–Kier alpha value is -3.76. The normalized spacial score (nSPS) is 15.6. The number of anilines is 1. The highest BCUT2D eigenvalue weighted by atomic mass is 16.3. The fourth-order valence-electron chi connectivity index (χ4n) is 6.65. The first-order valence-corrected chi connectivity index (χ1v) is 17.8. The van der Waals surface area contributed by atoms with Crippen molar-refractivity contribution in [3.05, 3.63) is 72.1 Å². The van der Waals surface area contributed by atoms with Crippen LogP contribution >= 0.6 is 0 Å². The molecule has 1 aliphatic rings. The summed E-state index contributed by atoms with van der Waals surface area (Å²) >= 11 is 0. The van der Waals surface area contributed by atoms with Crippen LogP contribution in [0.3, 0.4) is 0 Å². The van der Waals surface area contributed by atoms with E-state index >= 15 is 0 Å². The topological polar surface area (TPSA) is 122 Å². The number of hydrogen-bond donors (Lipinski definition) is 4. The molecule has 0 spiro atoms. The van der Waals surface area contributed by atoms with Crippen molar-refractivity contribution in [2.24, 2.45) is 11.3 Å². The Balaban J connectivity index is 1.52. The number of allylic oxidation sites excluding steroid dienone is 1. The molecule has 1 saturated carbocycles. The Morgan fingerprint density at radius 2 is 1.72 bits per heavy atom. The zero-order chi connectivity index (χ0) is 34.1. The molecule has 0 bridgehead atoms. The van der Waals surface area contributed by atoms with Crippen LogP contribution in [0.2, 0.25) is 0 Å². The monoisotopic (exact) mass is 639 g/mol. The molecular formula is C40H57N5O2. The fourth-order valence-corrected chi connectivity index (χ4v) is 6.65. The number of amides is 1. The molecule has 0 saturated heterocycles. The maximum absolute atomic E-state index is 13.1. The number of hydrogen-bond acceptors (Lipinski definition) is 6. The Morgan fingerprint density at radius 3 is 2.34 bits per heavy atom. The number of nitrogens with one attached hydrogen (secondary N) is 3. The van der Waals surface area contributed by atoms with Gasteiger partial charge in [0.15, 0.2) is 0 Å². The van der Waals surface area contributed by atoms with Crippen molar-refractivity contribution in [3.63, 3.8) is 0 Å². The van der Waals surface area contributed by atoms with Crippen molar-refractivity contribution in [2.75, 3.05) is 11.9 Å². The molecule has 4 N–H and O–H groups in total. The lowest BCUT2D eigenvalue weighted by Crippen LogP contribution is -2.47. The van der Waals surface area contributed by atoms with Gasteiger partial charge in [-0.05, 0) is 72.9 Å². The summed E-state index contributed by atoms with van der Waals surface area (Å²) in [6, 6.07) is 13.6. The van der Waals surface area contributed by atoms with Gasteiger partial charge in [-0.15, -0.1) is 0 Å². The van der Waals surface area contributed by atoms with Crippen LogP contribution in [-0.4, -0.2) is 34.4 Å². The second kappa shape index (κ2) is 19.2. The minimum absolute atomic E-state index is 0.144. The molecule has 1 fully saturated rings. The summed E-state index contributed by atoms with van der Waals surface area (Å²) in [4.78, 5) is 17.4. The van der Waals surface area contributed by atoms with Crippen LogP contribution < -0.4 is 10.6 Å². The van der Waals surface area contributed by atoms with Gasteiger partial charge in [0.2, 0.25) is 5.91 Å². The minimum Gasteiger partial charge on any atom is -0.390 e. The summed E-state index contributed by atoms with van der Waals surface area (Å²) in [6.07, 6.45) is 21.2. The van der Waals surface area contributed by atoms with E-state index in [0.717, 1.165) is 48.9 Å². The van der Waals surface area contributed by atoms with E-state index < -0.39 is 11.0 Å². The third-order valence-electron chi connectivity index (χ3n) is 9.66. The highest BCUT2D eigenvalue weighted by Gasteiger charge is 2.57. The van der Waals surface area contributed by atoms with E-state index in [1.165, 1.54) is 64.0 Å². The summed E-state index contributed by atoms with van der Waals surface area (Å²) in [7, 11) is 0. The van der Waals surface area contributed by atoms with Gasteiger partial charge in [-0.2, -0.15) is 5.26 Å². The zero-order valence-electron chi connectivity index (χ0n) is 29.0. The van der Waals surface area contributed by atoms with Gasteiger partial charge in [-0.25, -0.2) is 4.98 Å². The molecule has 47 heavy (non-hydrogen) atoms. The maximum atomic E-state index is 13.1. The number of pyridine rings is 1. The van der Waals surface area contributed by atoms with Crippen molar-refractivity contribution in [3.8, 4) is 6.07 Å². The average Bonchev–Trinajstić information content (AvgIpc) is 3.92. The molecule has 1 amide bonds. The van der Waals surface area contributed by atoms with E-state index in [0.29, 0.717) is 23.4 Å². The first kappa shape index (κ1) is 37.7. The van der Waals surface area contributed by atoms with Crippen molar-refractivity contribution >= 4 is 29.1 Å². The average molecular weight is 640 g/mol. The first-order valence-electron chi connectivity index (χ1n) is 17.8. The second-order valence-corrected chi connectivity index (χ2v) is 13.4. The number of carbonyl (C=O) groups is 1. The minimum atomic E-state index is -1.43. The van der Waals surface area contributed by atoms with Crippen LogP contribution in [0.25, 0.3) is 11.1 Å². The molecule has 0 radical (unpaired) electrons. The predicted molar refractivity (Wildman–Crippen MR) is 195 cm³/mol. The smallest absolute Gasteiger partial charge is 0.229 e. The van der Waals surface area contributed by atoms with Crippen LogP contribution in [0.4, 0.5) is 5.82 Å². The molecular weight excluding hydrogens is 582 g/mol. The van der Waals surface area contributed by atoms with Crippen LogP contribution in [0, 0.1) is 28.1 Å². The number of nitriles is 1. The molecule has 0 aliphatic heterocycles. The van der Waals surface area contributed by atoms with Gasteiger partial charge in [-0.1, -0.05) is 109 Å². The fraction of sp³-hybridized carbons (Fsp3) is 0.550. The van der Waals surface area contributed by atoms with E-state index in [-0.39, 0.29) is 18.2 Å². The van der Waals surface area contributed by atoms with E-state index in [1.807, 2.05) is 37.4 Å². The molecule has 2 aromatic rings. The Labute approximate surface area is 283 Å². The van der Waals surface area contributed by atoms with Crippen molar-refractivity contribution in [1.29, 1.82) is 10.7 Å². The lowest BCUT2D eigenvalue weighted by atomic mass is 9.63. The lowest BCUT2D eigenvalue weighted by molar-refractivity contribution is -0.115. The molecule has 3 rings (SSSR count). The molecule has 1 heterocycles. The number of carbonyl (C=O) groups excluding carboxylic acids is 1. The van der Waals surface area contributed by atoms with Gasteiger partial charge in [0.1, 0.15) is 11.4 Å². The molecule has 1 aliphatic carbocycles. The molecule has 254 valence electrons. The zero-order valence-corrected chi connectivity index (χ0v) is 29.0. The highest BCUT2D eigenvalue weighted by Crippen LogP contribution is 2.57. The van der Waals surface area contributed by atoms with E-state index in [9.17, 15) is 15.2 Å². The van der Waals surface area contributed by atoms with Crippen LogP contribution in [0.5, 0.6) is 0 Å². The maximum Gasteiger partial charge on any atom is 0.229 e. The summed E-state index contributed by atoms with van der Waals surface area (Å²) in [5, 5.41) is 36.1. The molecule has 7 heteroatoms. The summed E-state index contributed by atoms with van der Waals surface area (Å²) in [5.41, 5.74) is 1.24. The molecule has 1 unspecified atom stereocenters. The number of rotatable bonds is 23.